The van der Waals surface area contributed by atoms with Gasteiger partial charge >= 0.3 is 0 Å². The number of hydrogen-bond donors (Lipinski definition) is 0. The molecule has 2 nitrogen and oxygen atoms in total. The van der Waals surface area contributed by atoms with Crippen LogP contribution in [-0.2, 0) is 6.42 Å². The summed E-state index contributed by atoms with van der Waals surface area (Å²) in [6.45, 7) is 5.24. The van der Waals surface area contributed by atoms with E-state index in [0.717, 1.165) is 36.7 Å². The van der Waals surface area contributed by atoms with Crippen molar-refractivity contribution in [3.63, 3.8) is 0 Å². The number of aryl methyl sites for hydroxylation is 1. The number of benzene rings is 1. The molecule has 2 unspecified atom stereocenters. The summed E-state index contributed by atoms with van der Waals surface area (Å²) in [6.07, 6.45) is 2.15. The normalized spacial score (nSPS) is 27.8. The van der Waals surface area contributed by atoms with Gasteiger partial charge in [-0.05, 0) is 50.0 Å². The maximum absolute atomic E-state index is 14.1. The van der Waals surface area contributed by atoms with Gasteiger partial charge in [0.25, 0.3) is 0 Å². The monoisotopic (exact) mass is 248 g/mol. The maximum Gasteiger partial charge on any atom is 0.146 e. The summed E-state index contributed by atoms with van der Waals surface area (Å²) < 4.78 is 14.1. The highest BCUT2D eigenvalue weighted by atomic mass is 19.1. The lowest BCUT2D eigenvalue weighted by molar-refractivity contribution is 0.310. The summed E-state index contributed by atoms with van der Waals surface area (Å²) in [4.78, 5) is 4.64. The summed E-state index contributed by atoms with van der Waals surface area (Å²) in [6, 6.07) is 6.31. The second-order valence-corrected chi connectivity index (χ2v) is 5.64. The largest absolute Gasteiger partial charge is 0.367 e. The van der Waals surface area contributed by atoms with Crippen LogP contribution in [-0.4, -0.2) is 37.6 Å². The van der Waals surface area contributed by atoms with E-state index in [1.807, 2.05) is 6.07 Å². The van der Waals surface area contributed by atoms with E-state index in [9.17, 15) is 4.39 Å². The van der Waals surface area contributed by atoms with Gasteiger partial charge in [0.05, 0.1) is 5.69 Å². The number of likely N-dealkylation sites (tertiary alicyclic amines) is 1. The molecule has 0 N–H and O–H groups in total. The maximum atomic E-state index is 14.1. The molecule has 98 valence electrons. The molecule has 2 fully saturated rings. The van der Waals surface area contributed by atoms with Crippen molar-refractivity contribution >= 4 is 5.69 Å². The molecule has 0 amide bonds. The van der Waals surface area contributed by atoms with Gasteiger partial charge in [-0.3, -0.25) is 0 Å². The topological polar surface area (TPSA) is 6.48 Å². The molecule has 0 radical (unpaired) electrons. The summed E-state index contributed by atoms with van der Waals surface area (Å²) in [5, 5.41) is 0. The Morgan fingerprint density at radius 3 is 2.83 bits per heavy atom. The Kier molecular flexibility index (Phi) is 3.02. The molecule has 18 heavy (non-hydrogen) atoms. The van der Waals surface area contributed by atoms with Crippen LogP contribution >= 0.6 is 0 Å². The van der Waals surface area contributed by atoms with E-state index >= 15 is 0 Å². The van der Waals surface area contributed by atoms with Gasteiger partial charge in [-0.2, -0.15) is 0 Å². The summed E-state index contributed by atoms with van der Waals surface area (Å²) in [7, 11) is 2.19. The van der Waals surface area contributed by atoms with Crippen molar-refractivity contribution in [2.75, 3.05) is 31.6 Å². The first kappa shape index (κ1) is 12.0. The van der Waals surface area contributed by atoms with E-state index in [0.29, 0.717) is 6.04 Å². The SMILES string of the molecule is CCc1ccc(N2CC3CCN(C)C3C2)c(F)c1. The predicted octanol–water partition coefficient (Wildman–Crippen LogP) is 2.53. The van der Waals surface area contributed by atoms with E-state index < -0.39 is 0 Å². The minimum atomic E-state index is -0.0584. The van der Waals surface area contributed by atoms with Crippen LogP contribution in [0, 0.1) is 11.7 Å². The van der Waals surface area contributed by atoms with Crippen LogP contribution in [0.5, 0.6) is 0 Å². The summed E-state index contributed by atoms with van der Waals surface area (Å²) >= 11 is 0. The van der Waals surface area contributed by atoms with Gasteiger partial charge in [-0.1, -0.05) is 13.0 Å². The third kappa shape index (κ3) is 1.91. The Labute approximate surface area is 108 Å². The lowest BCUT2D eigenvalue weighted by Gasteiger charge is -2.23. The Hall–Kier alpha value is -1.09. The van der Waals surface area contributed by atoms with Crippen LogP contribution in [0.1, 0.15) is 18.9 Å². The molecule has 0 aromatic heterocycles. The zero-order valence-electron chi connectivity index (χ0n) is 11.2. The molecule has 2 atom stereocenters. The molecule has 1 aromatic carbocycles. The molecule has 2 aliphatic heterocycles. The molecule has 1 aromatic rings. The third-order valence-corrected chi connectivity index (χ3v) is 4.59. The van der Waals surface area contributed by atoms with Crippen molar-refractivity contribution in [3.05, 3.63) is 29.6 Å². The van der Waals surface area contributed by atoms with E-state index in [4.69, 9.17) is 0 Å². The second kappa shape index (κ2) is 4.54. The number of nitrogens with zero attached hydrogens (tertiary/aromatic N) is 2. The van der Waals surface area contributed by atoms with Gasteiger partial charge in [0.1, 0.15) is 5.82 Å². The van der Waals surface area contributed by atoms with Crippen molar-refractivity contribution in [2.24, 2.45) is 5.92 Å². The van der Waals surface area contributed by atoms with Gasteiger partial charge in [-0.25, -0.2) is 4.39 Å². The van der Waals surface area contributed by atoms with Crippen LogP contribution in [0.4, 0.5) is 10.1 Å². The lowest BCUT2D eigenvalue weighted by Crippen LogP contribution is -2.32. The average molecular weight is 248 g/mol. The zero-order valence-corrected chi connectivity index (χ0v) is 11.2. The molecule has 3 rings (SSSR count). The number of anilines is 1. The Bertz CT molecular complexity index is 446. The highest BCUT2D eigenvalue weighted by molar-refractivity contribution is 5.50. The minimum absolute atomic E-state index is 0.0584. The van der Waals surface area contributed by atoms with E-state index in [-0.39, 0.29) is 5.82 Å². The number of rotatable bonds is 2. The molecule has 0 spiro atoms. The average Bonchev–Trinajstić information content (AvgIpc) is 2.92. The standard InChI is InChI=1S/C15H21FN2/c1-3-11-4-5-14(13(16)8-11)18-9-12-6-7-17(2)15(12)10-18/h4-5,8,12,15H,3,6-7,9-10H2,1-2H3. The van der Waals surface area contributed by atoms with Crippen molar-refractivity contribution in [3.8, 4) is 0 Å². The molecule has 2 aliphatic rings. The van der Waals surface area contributed by atoms with Crippen molar-refractivity contribution in [2.45, 2.75) is 25.8 Å². The Balaban J connectivity index is 1.80. The van der Waals surface area contributed by atoms with Gasteiger partial charge in [-0.15, -0.1) is 0 Å². The first-order valence-electron chi connectivity index (χ1n) is 6.92. The van der Waals surface area contributed by atoms with E-state index in [2.05, 4.69) is 29.8 Å². The zero-order chi connectivity index (χ0) is 12.7. The molecule has 2 saturated heterocycles. The number of hydrogen-bond acceptors (Lipinski definition) is 2. The Morgan fingerprint density at radius 1 is 1.33 bits per heavy atom. The van der Waals surface area contributed by atoms with Crippen molar-refractivity contribution < 1.29 is 4.39 Å². The van der Waals surface area contributed by atoms with Crippen molar-refractivity contribution in [1.29, 1.82) is 0 Å². The lowest BCUT2D eigenvalue weighted by atomic mass is 10.1. The fourth-order valence-electron chi connectivity index (χ4n) is 3.40. The minimum Gasteiger partial charge on any atom is -0.367 e. The second-order valence-electron chi connectivity index (χ2n) is 5.64. The fraction of sp³-hybridized carbons (Fsp3) is 0.600. The summed E-state index contributed by atoms with van der Waals surface area (Å²) in [5.41, 5.74) is 1.86. The fourth-order valence-corrected chi connectivity index (χ4v) is 3.40. The van der Waals surface area contributed by atoms with Gasteiger partial charge in [0, 0.05) is 19.1 Å². The van der Waals surface area contributed by atoms with E-state index in [1.165, 1.54) is 13.0 Å². The third-order valence-electron chi connectivity index (χ3n) is 4.59. The highest BCUT2D eigenvalue weighted by Crippen LogP contribution is 2.34. The van der Waals surface area contributed by atoms with Crippen LogP contribution in [0.25, 0.3) is 0 Å². The Morgan fingerprint density at radius 2 is 2.17 bits per heavy atom. The molecular formula is C15H21FN2. The smallest absolute Gasteiger partial charge is 0.146 e. The van der Waals surface area contributed by atoms with Crippen LogP contribution < -0.4 is 4.90 Å². The van der Waals surface area contributed by atoms with E-state index in [1.54, 1.807) is 6.07 Å². The van der Waals surface area contributed by atoms with Gasteiger partial charge < -0.3 is 9.80 Å². The molecule has 0 saturated carbocycles. The van der Waals surface area contributed by atoms with Gasteiger partial charge in [0.2, 0.25) is 0 Å². The first-order chi connectivity index (χ1) is 8.69. The number of halogens is 1. The van der Waals surface area contributed by atoms with Crippen LogP contribution in [0.15, 0.2) is 18.2 Å². The quantitative estimate of drug-likeness (QED) is 0.793. The van der Waals surface area contributed by atoms with Crippen LogP contribution in [0.2, 0.25) is 0 Å². The molecular weight excluding hydrogens is 227 g/mol. The number of fused-ring (bicyclic) bond motifs is 1. The summed E-state index contributed by atoms with van der Waals surface area (Å²) in [5.74, 6) is 0.664. The molecule has 3 heteroatoms. The first-order valence-corrected chi connectivity index (χ1v) is 6.92. The number of likely N-dealkylation sites (N-methyl/N-ethyl adjacent to an activating group) is 1. The van der Waals surface area contributed by atoms with Crippen molar-refractivity contribution in [1.82, 2.24) is 4.90 Å². The highest BCUT2D eigenvalue weighted by Gasteiger charge is 2.40. The molecule has 0 aliphatic carbocycles. The van der Waals surface area contributed by atoms with Gasteiger partial charge in [0.15, 0.2) is 0 Å². The predicted molar refractivity (Wildman–Crippen MR) is 72.5 cm³/mol. The van der Waals surface area contributed by atoms with Crippen LogP contribution in [0.3, 0.4) is 0 Å². The molecule has 0 bridgehead atoms. The molecule has 2 heterocycles.